The van der Waals surface area contributed by atoms with Crippen LogP contribution in [0.5, 0.6) is 0 Å². The van der Waals surface area contributed by atoms with E-state index in [1.54, 1.807) is 12.4 Å². The second kappa shape index (κ2) is 9.89. The lowest BCUT2D eigenvalue weighted by Gasteiger charge is -2.33. The number of nitrogens with one attached hydrogen (secondary N) is 2. The van der Waals surface area contributed by atoms with Crippen LogP contribution in [0.3, 0.4) is 0 Å². The Morgan fingerprint density at radius 1 is 1.13 bits per heavy atom. The molecule has 1 aromatic carbocycles. The summed E-state index contributed by atoms with van der Waals surface area (Å²) in [6.45, 7) is 6.55. The van der Waals surface area contributed by atoms with Gasteiger partial charge in [0.1, 0.15) is 11.6 Å². The molecular formula is C23H26F2N6. The molecule has 0 bridgehead atoms. The maximum absolute atomic E-state index is 13.3. The smallest absolute Gasteiger partial charge is 0.223 e. The molecule has 2 aromatic heterocycles. The minimum Gasteiger partial charge on any atom is -0.354 e. The number of aromatic nitrogens is 3. The second-order valence-corrected chi connectivity index (χ2v) is 7.83. The SMILES string of the molecule is C[C@H]1CNCCN1Cc1cncc(-c2ccnc(NCCc3cc(F)cc(F)c3)n2)c1. The zero-order valence-corrected chi connectivity index (χ0v) is 17.5. The predicted octanol–water partition coefficient (Wildman–Crippen LogP) is 3.27. The highest BCUT2D eigenvalue weighted by Gasteiger charge is 2.18. The highest BCUT2D eigenvalue weighted by molar-refractivity contribution is 5.59. The first-order valence-electron chi connectivity index (χ1n) is 10.5. The van der Waals surface area contributed by atoms with E-state index < -0.39 is 11.6 Å². The molecular weight excluding hydrogens is 398 g/mol. The van der Waals surface area contributed by atoms with Gasteiger partial charge in [0.25, 0.3) is 0 Å². The molecule has 1 fully saturated rings. The molecule has 0 aliphatic carbocycles. The third-order valence-electron chi connectivity index (χ3n) is 5.39. The van der Waals surface area contributed by atoms with Gasteiger partial charge in [-0.2, -0.15) is 0 Å². The van der Waals surface area contributed by atoms with Crippen molar-refractivity contribution in [1.29, 1.82) is 0 Å². The average Bonchev–Trinajstić information content (AvgIpc) is 2.75. The molecule has 0 unspecified atom stereocenters. The summed E-state index contributed by atoms with van der Waals surface area (Å²) in [7, 11) is 0. The topological polar surface area (TPSA) is 66.0 Å². The Hall–Kier alpha value is -2.97. The van der Waals surface area contributed by atoms with Crippen LogP contribution in [0.2, 0.25) is 0 Å². The molecule has 1 aliphatic heterocycles. The average molecular weight is 424 g/mol. The fourth-order valence-corrected chi connectivity index (χ4v) is 3.75. The molecule has 1 atom stereocenters. The lowest BCUT2D eigenvalue weighted by Crippen LogP contribution is -2.49. The van der Waals surface area contributed by atoms with E-state index in [1.807, 2.05) is 12.3 Å². The van der Waals surface area contributed by atoms with Crippen LogP contribution >= 0.6 is 0 Å². The molecule has 8 heteroatoms. The summed E-state index contributed by atoms with van der Waals surface area (Å²) in [5.41, 5.74) is 3.43. The number of rotatable bonds is 7. The van der Waals surface area contributed by atoms with E-state index in [-0.39, 0.29) is 0 Å². The largest absolute Gasteiger partial charge is 0.354 e. The predicted molar refractivity (Wildman–Crippen MR) is 117 cm³/mol. The van der Waals surface area contributed by atoms with Gasteiger partial charge in [0.15, 0.2) is 0 Å². The lowest BCUT2D eigenvalue weighted by atomic mass is 10.1. The van der Waals surface area contributed by atoms with Crippen LogP contribution in [0.4, 0.5) is 14.7 Å². The summed E-state index contributed by atoms with van der Waals surface area (Å²) < 4.78 is 26.6. The number of hydrogen-bond donors (Lipinski definition) is 2. The Labute approximate surface area is 180 Å². The van der Waals surface area contributed by atoms with E-state index in [1.165, 1.54) is 12.1 Å². The van der Waals surface area contributed by atoms with Crippen molar-refractivity contribution in [3.63, 3.8) is 0 Å². The Balaban J connectivity index is 1.40. The minimum atomic E-state index is -0.573. The van der Waals surface area contributed by atoms with Crippen molar-refractivity contribution in [3.05, 3.63) is 71.7 Å². The van der Waals surface area contributed by atoms with E-state index in [4.69, 9.17) is 0 Å². The molecule has 0 spiro atoms. The summed E-state index contributed by atoms with van der Waals surface area (Å²) in [6.07, 6.45) is 5.85. The van der Waals surface area contributed by atoms with Crippen molar-refractivity contribution >= 4 is 5.95 Å². The number of pyridine rings is 1. The Morgan fingerprint density at radius 2 is 1.97 bits per heavy atom. The quantitative estimate of drug-likeness (QED) is 0.607. The molecule has 162 valence electrons. The van der Waals surface area contributed by atoms with E-state index >= 15 is 0 Å². The molecule has 2 N–H and O–H groups in total. The van der Waals surface area contributed by atoms with Crippen LogP contribution < -0.4 is 10.6 Å². The molecule has 0 amide bonds. The van der Waals surface area contributed by atoms with Crippen LogP contribution in [0.1, 0.15) is 18.1 Å². The van der Waals surface area contributed by atoms with Crippen molar-refractivity contribution in [2.45, 2.75) is 25.9 Å². The van der Waals surface area contributed by atoms with Gasteiger partial charge in [0.2, 0.25) is 5.95 Å². The molecule has 4 rings (SSSR count). The van der Waals surface area contributed by atoms with Crippen molar-refractivity contribution in [1.82, 2.24) is 25.2 Å². The number of anilines is 1. The molecule has 0 saturated carbocycles. The fourth-order valence-electron chi connectivity index (χ4n) is 3.75. The number of hydrogen-bond acceptors (Lipinski definition) is 6. The molecule has 3 heterocycles. The Bertz CT molecular complexity index is 1010. The van der Waals surface area contributed by atoms with Gasteiger partial charge in [-0.25, -0.2) is 18.7 Å². The van der Waals surface area contributed by atoms with Crippen LogP contribution in [-0.2, 0) is 13.0 Å². The minimum absolute atomic E-state index is 0.461. The van der Waals surface area contributed by atoms with Gasteiger partial charge in [0.05, 0.1) is 5.69 Å². The monoisotopic (exact) mass is 424 g/mol. The first kappa shape index (κ1) is 21.3. The van der Waals surface area contributed by atoms with Gasteiger partial charge in [-0.15, -0.1) is 0 Å². The molecule has 6 nitrogen and oxygen atoms in total. The van der Waals surface area contributed by atoms with Crippen molar-refractivity contribution in [3.8, 4) is 11.3 Å². The second-order valence-electron chi connectivity index (χ2n) is 7.83. The van der Waals surface area contributed by atoms with Crippen LogP contribution in [0.15, 0.2) is 48.9 Å². The number of piperazine rings is 1. The maximum atomic E-state index is 13.3. The Morgan fingerprint density at radius 3 is 2.77 bits per heavy atom. The maximum Gasteiger partial charge on any atom is 0.223 e. The molecule has 3 aromatic rings. The lowest BCUT2D eigenvalue weighted by molar-refractivity contribution is 0.165. The zero-order chi connectivity index (χ0) is 21.6. The Kier molecular flexibility index (Phi) is 6.79. The summed E-state index contributed by atoms with van der Waals surface area (Å²) in [4.78, 5) is 15.7. The summed E-state index contributed by atoms with van der Waals surface area (Å²) in [5, 5.41) is 6.53. The first-order valence-corrected chi connectivity index (χ1v) is 10.5. The van der Waals surface area contributed by atoms with Gasteiger partial charge >= 0.3 is 0 Å². The van der Waals surface area contributed by atoms with Gasteiger partial charge in [-0.1, -0.05) is 0 Å². The molecule has 1 aliphatic rings. The van der Waals surface area contributed by atoms with E-state index in [0.29, 0.717) is 30.5 Å². The van der Waals surface area contributed by atoms with Crippen molar-refractivity contribution in [2.75, 3.05) is 31.5 Å². The normalized spacial score (nSPS) is 16.9. The van der Waals surface area contributed by atoms with Crippen molar-refractivity contribution in [2.24, 2.45) is 0 Å². The van der Waals surface area contributed by atoms with Crippen LogP contribution in [-0.4, -0.2) is 52.1 Å². The van der Waals surface area contributed by atoms with Gasteiger partial charge < -0.3 is 10.6 Å². The molecule has 31 heavy (non-hydrogen) atoms. The van der Waals surface area contributed by atoms with Gasteiger partial charge in [-0.05, 0) is 48.7 Å². The summed E-state index contributed by atoms with van der Waals surface area (Å²) in [6, 6.07) is 7.98. The van der Waals surface area contributed by atoms with E-state index in [2.05, 4.69) is 43.5 Å². The highest BCUT2D eigenvalue weighted by atomic mass is 19.1. The summed E-state index contributed by atoms with van der Waals surface area (Å²) in [5.74, 6) is -0.679. The van der Waals surface area contributed by atoms with Gasteiger partial charge in [-0.3, -0.25) is 9.88 Å². The van der Waals surface area contributed by atoms with Crippen LogP contribution in [0, 0.1) is 11.6 Å². The van der Waals surface area contributed by atoms with E-state index in [0.717, 1.165) is 49.1 Å². The molecule has 1 saturated heterocycles. The third-order valence-corrected chi connectivity index (χ3v) is 5.39. The standard InChI is InChI=1S/C23H26F2N6/c1-16-12-26-6-7-31(16)15-18-8-19(14-27-13-18)22-3-5-29-23(30-22)28-4-2-17-9-20(24)11-21(25)10-17/h3,5,8-11,13-14,16,26H,2,4,6-7,12,15H2,1H3,(H,28,29,30)/t16-/m0/s1. The first-order chi connectivity index (χ1) is 15.1. The number of halogens is 2. The van der Waals surface area contributed by atoms with Crippen molar-refractivity contribution < 1.29 is 8.78 Å². The number of benzene rings is 1. The zero-order valence-electron chi connectivity index (χ0n) is 17.5. The fraction of sp³-hybridized carbons (Fsp3) is 0.348. The summed E-state index contributed by atoms with van der Waals surface area (Å²) >= 11 is 0. The van der Waals surface area contributed by atoms with Gasteiger partial charge in [0, 0.05) is 69.0 Å². The third kappa shape index (κ3) is 5.80. The van der Waals surface area contributed by atoms with E-state index in [9.17, 15) is 8.78 Å². The highest BCUT2D eigenvalue weighted by Crippen LogP contribution is 2.19. The number of nitrogens with zero attached hydrogens (tertiary/aromatic N) is 4. The van der Waals surface area contributed by atoms with Crippen LogP contribution in [0.25, 0.3) is 11.3 Å². The molecule has 0 radical (unpaired) electrons.